The van der Waals surface area contributed by atoms with Gasteiger partial charge in [0.25, 0.3) is 0 Å². The average molecular weight is 338 g/mol. The summed E-state index contributed by atoms with van der Waals surface area (Å²) in [7, 11) is 4.04. The Hall–Kier alpha value is -2.90. The van der Waals surface area contributed by atoms with Gasteiger partial charge in [-0.3, -0.25) is 0 Å². The molecule has 3 aromatic rings. The van der Waals surface area contributed by atoms with Crippen LogP contribution in [0.5, 0.6) is 0 Å². The summed E-state index contributed by atoms with van der Waals surface area (Å²) in [6.07, 6.45) is 5.80. The molecular formula is C17H22N8. The number of nitrogens with two attached hydrogens (primary N) is 1. The molecule has 0 aromatic carbocycles. The Morgan fingerprint density at radius 2 is 2.08 bits per heavy atom. The second kappa shape index (κ2) is 5.87. The van der Waals surface area contributed by atoms with E-state index >= 15 is 0 Å². The summed E-state index contributed by atoms with van der Waals surface area (Å²) in [5.41, 5.74) is 8.24. The molecule has 0 amide bonds. The first-order valence-electron chi connectivity index (χ1n) is 8.42. The summed E-state index contributed by atoms with van der Waals surface area (Å²) < 4.78 is 1.92. The number of hydrogen-bond acceptors (Lipinski definition) is 7. The number of anilines is 4. The standard InChI is InChI=1S/C17H22N8/c1-10(11-4-5-11)25(3)15-6-12(16-17(23-15)24(2)9-21-16)22-14-7-13(18)19-8-20-14/h6-11H,4-5H2,1-3H3,(H3,18,19,20,22,23)/t10-/m1/s1. The summed E-state index contributed by atoms with van der Waals surface area (Å²) in [6.45, 7) is 2.25. The molecule has 0 spiro atoms. The number of aryl methyl sites for hydroxylation is 1. The topological polar surface area (TPSA) is 97.8 Å². The second-order valence-electron chi connectivity index (χ2n) is 6.70. The summed E-state index contributed by atoms with van der Waals surface area (Å²) in [6, 6.07) is 4.18. The predicted octanol–water partition coefficient (Wildman–Crippen LogP) is 2.32. The van der Waals surface area contributed by atoms with Crippen molar-refractivity contribution in [3.8, 4) is 0 Å². The summed E-state index contributed by atoms with van der Waals surface area (Å²) in [5.74, 6) is 2.73. The van der Waals surface area contributed by atoms with Crippen LogP contribution in [0.4, 0.5) is 23.1 Å². The van der Waals surface area contributed by atoms with Gasteiger partial charge in [0.1, 0.15) is 29.3 Å². The first kappa shape index (κ1) is 15.6. The van der Waals surface area contributed by atoms with Gasteiger partial charge in [0.2, 0.25) is 0 Å². The number of rotatable bonds is 5. The molecule has 4 rings (SSSR count). The van der Waals surface area contributed by atoms with E-state index in [1.165, 1.54) is 19.2 Å². The van der Waals surface area contributed by atoms with Gasteiger partial charge in [0.05, 0.1) is 12.0 Å². The zero-order chi connectivity index (χ0) is 17.6. The van der Waals surface area contributed by atoms with Crippen molar-refractivity contribution in [3.05, 3.63) is 24.8 Å². The molecule has 0 saturated heterocycles. The fourth-order valence-electron chi connectivity index (χ4n) is 3.04. The largest absolute Gasteiger partial charge is 0.384 e. The molecule has 1 fully saturated rings. The van der Waals surface area contributed by atoms with Gasteiger partial charge in [-0.15, -0.1) is 0 Å². The number of aromatic nitrogens is 5. The van der Waals surface area contributed by atoms with Crippen molar-refractivity contribution in [2.24, 2.45) is 13.0 Å². The van der Waals surface area contributed by atoms with Gasteiger partial charge in [-0.2, -0.15) is 0 Å². The summed E-state index contributed by atoms with van der Waals surface area (Å²) in [4.78, 5) is 19.7. The molecule has 25 heavy (non-hydrogen) atoms. The summed E-state index contributed by atoms with van der Waals surface area (Å²) in [5, 5.41) is 3.31. The maximum Gasteiger partial charge on any atom is 0.164 e. The van der Waals surface area contributed by atoms with Crippen LogP contribution in [-0.4, -0.2) is 37.6 Å². The molecule has 0 bridgehead atoms. The first-order valence-corrected chi connectivity index (χ1v) is 8.42. The minimum absolute atomic E-state index is 0.420. The molecule has 8 heteroatoms. The van der Waals surface area contributed by atoms with Crippen LogP contribution in [0.25, 0.3) is 11.2 Å². The van der Waals surface area contributed by atoms with Crippen molar-refractivity contribution >= 4 is 34.3 Å². The third-order valence-electron chi connectivity index (χ3n) is 4.88. The zero-order valence-corrected chi connectivity index (χ0v) is 14.6. The van der Waals surface area contributed by atoms with Crippen LogP contribution in [0.3, 0.4) is 0 Å². The van der Waals surface area contributed by atoms with E-state index in [4.69, 9.17) is 10.7 Å². The summed E-state index contributed by atoms with van der Waals surface area (Å²) >= 11 is 0. The highest BCUT2D eigenvalue weighted by atomic mass is 15.2. The van der Waals surface area contributed by atoms with Crippen LogP contribution >= 0.6 is 0 Å². The minimum Gasteiger partial charge on any atom is -0.384 e. The smallest absolute Gasteiger partial charge is 0.164 e. The van der Waals surface area contributed by atoms with Crippen molar-refractivity contribution in [1.29, 1.82) is 0 Å². The second-order valence-corrected chi connectivity index (χ2v) is 6.70. The molecule has 0 unspecified atom stereocenters. The molecule has 1 saturated carbocycles. The highest BCUT2D eigenvalue weighted by molar-refractivity contribution is 5.90. The predicted molar refractivity (Wildman–Crippen MR) is 98.8 cm³/mol. The monoisotopic (exact) mass is 338 g/mol. The lowest BCUT2D eigenvalue weighted by atomic mass is 10.2. The Morgan fingerprint density at radius 1 is 1.28 bits per heavy atom. The molecule has 1 aliphatic carbocycles. The third-order valence-corrected chi connectivity index (χ3v) is 4.88. The van der Waals surface area contributed by atoms with Gasteiger partial charge >= 0.3 is 0 Å². The molecule has 3 N–H and O–H groups in total. The number of nitrogens with zero attached hydrogens (tertiary/aromatic N) is 6. The molecule has 130 valence electrons. The molecule has 0 radical (unpaired) electrons. The Kier molecular flexibility index (Phi) is 3.67. The van der Waals surface area contributed by atoms with E-state index in [1.54, 1.807) is 12.4 Å². The van der Waals surface area contributed by atoms with Crippen LogP contribution in [0, 0.1) is 5.92 Å². The normalized spacial score (nSPS) is 15.3. The van der Waals surface area contributed by atoms with Gasteiger partial charge in [0, 0.05) is 32.3 Å². The van der Waals surface area contributed by atoms with E-state index < -0.39 is 0 Å². The Bertz CT molecular complexity index is 914. The lowest BCUT2D eigenvalue weighted by Crippen LogP contribution is -2.31. The van der Waals surface area contributed by atoms with E-state index in [0.29, 0.717) is 17.7 Å². The maximum atomic E-state index is 5.76. The van der Waals surface area contributed by atoms with Crippen LogP contribution in [0.15, 0.2) is 24.8 Å². The SMILES string of the molecule is C[C@H](C1CC1)N(C)c1cc(Nc2cc(N)ncn2)c2ncn(C)c2n1. The lowest BCUT2D eigenvalue weighted by molar-refractivity contribution is 0.604. The van der Waals surface area contributed by atoms with Crippen LogP contribution in [0.1, 0.15) is 19.8 Å². The van der Waals surface area contributed by atoms with E-state index in [1.807, 2.05) is 17.7 Å². The number of hydrogen-bond donors (Lipinski definition) is 2. The fourth-order valence-corrected chi connectivity index (χ4v) is 3.04. The number of fused-ring (bicyclic) bond motifs is 1. The minimum atomic E-state index is 0.420. The van der Waals surface area contributed by atoms with E-state index in [9.17, 15) is 0 Å². The Labute approximate surface area is 146 Å². The number of pyridine rings is 1. The zero-order valence-electron chi connectivity index (χ0n) is 14.6. The Morgan fingerprint density at radius 3 is 2.80 bits per heavy atom. The molecule has 8 nitrogen and oxygen atoms in total. The molecule has 1 atom stereocenters. The first-order chi connectivity index (χ1) is 12.0. The molecule has 3 heterocycles. The van der Waals surface area contributed by atoms with Crippen LogP contribution in [0.2, 0.25) is 0 Å². The van der Waals surface area contributed by atoms with Crippen molar-refractivity contribution in [1.82, 2.24) is 24.5 Å². The van der Waals surface area contributed by atoms with Gasteiger partial charge < -0.3 is 20.5 Å². The quantitative estimate of drug-likeness (QED) is 0.736. The average Bonchev–Trinajstić information content (AvgIpc) is 3.38. The van der Waals surface area contributed by atoms with Crippen molar-refractivity contribution in [3.63, 3.8) is 0 Å². The van der Waals surface area contributed by atoms with Crippen molar-refractivity contribution in [2.75, 3.05) is 23.0 Å². The Balaban J connectivity index is 1.76. The van der Waals surface area contributed by atoms with Gasteiger partial charge in [-0.25, -0.2) is 19.9 Å². The van der Waals surface area contributed by atoms with E-state index in [2.05, 4.69) is 39.1 Å². The van der Waals surface area contributed by atoms with Gasteiger partial charge in [-0.05, 0) is 25.7 Å². The van der Waals surface area contributed by atoms with Gasteiger partial charge in [-0.1, -0.05) is 0 Å². The highest BCUT2D eigenvalue weighted by Crippen LogP contribution is 2.37. The molecule has 1 aliphatic rings. The van der Waals surface area contributed by atoms with Crippen molar-refractivity contribution in [2.45, 2.75) is 25.8 Å². The lowest BCUT2D eigenvalue weighted by Gasteiger charge is -2.26. The number of imidazole rings is 1. The number of nitrogens with one attached hydrogen (secondary N) is 1. The van der Waals surface area contributed by atoms with Gasteiger partial charge in [0.15, 0.2) is 5.65 Å². The molecule has 0 aliphatic heterocycles. The molecular weight excluding hydrogens is 316 g/mol. The maximum absolute atomic E-state index is 5.76. The van der Waals surface area contributed by atoms with E-state index in [-0.39, 0.29) is 0 Å². The highest BCUT2D eigenvalue weighted by Gasteiger charge is 2.31. The molecule has 3 aromatic heterocycles. The van der Waals surface area contributed by atoms with E-state index in [0.717, 1.165) is 28.6 Å². The third kappa shape index (κ3) is 2.95. The fraction of sp³-hybridized carbons (Fsp3) is 0.412. The van der Waals surface area contributed by atoms with Crippen molar-refractivity contribution < 1.29 is 0 Å². The number of nitrogen functional groups attached to an aromatic ring is 1. The van der Waals surface area contributed by atoms with Crippen LogP contribution in [-0.2, 0) is 7.05 Å². The van der Waals surface area contributed by atoms with Crippen LogP contribution < -0.4 is 16.0 Å².